The predicted octanol–water partition coefficient (Wildman–Crippen LogP) is 3.80. The van der Waals surface area contributed by atoms with E-state index in [1.165, 1.54) is 35.9 Å². The van der Waals surface area contributed by atoms with Gasteiger partial charge in [0.2, 0.25) is 5.82 Å². The summed E-state index contributed by atoms with van der Waals surface area (Å²) in [5, 5.41) is 2.46. The van der Waals surface area contributed by atoms with Crippen LogP contribution in [0.1, 0.15) is 35.8 Å². The van der Waals surface area contributed by atoms with E-state index in [1.54, 1.807) is 0 Å². The average Bonchev–Trinajstić information content (AvgIpc) is 3.35. The number of amides is 2. The lowest BCUT2D eigenvalue weighted by atomic mass is 9.77. The molecule has 2 aromatic heterocycles. The minimum absolute atomic E-state index is 0.0147. The first-order chi connectivity index (χ1) is 16.8. The number of benzene rings is 1. The third-order valence-electron chi connectivity index (χ3n) is 6.60. The Labute approximate surface area is 201 Å². The Bertz CT molecular complexity index is 1360. The summed E-state index contributed by atoms with van der Waals surface area (Å²) in [5.41, 5.74) is 2.82. The highest BCUT2D eigenvalue weighted by molar-refractivity contribution is 5.96. The minimum Gasteiger partial charge on any atom is -0.493 e. The normalized spacial score (nSPS) is 24.2. The Kier molecular flexibility index (Phi) is 6.15. The number of imidazole rings is 1. The number of methoxy groups -OCH3 is 1. The Morgan fingerprint density at radius 2 is 1.92 bits per heavy atom. The molecule has 3 N–H and O–H groups in total. The standard InChI is InChI=1S/C23H21F5N4O4/c1-10-16(12-5-6-13(24)17(25)18(12)35-3)19(36-22(10,2)23(26,27)28)21(34)31-11-4-7-15-30-8-14(20(29)33)32(15)9-11/h4-10,16,19H,1-3H3,(H2,29,33)(H,31,34)/t10-,16-,19+,22+/m0/s1. The third kappa shape index (κ3) is 3.92. The second-order valence-electron chi connectivity index (χ2n) is 8.58. The molecule has 192 valence electrons. The maximum Gasteiger partial charge on any atom is 0.417 e. The number of hydrogen-bond donors (Lipinski definition) is 2. The molecule has 8 nitrogen and oxygen atoms in total. The molecule has 4 atom stereocenters. The number of halogens is 5. The van der Waals surface area contributed by atoms with Crippen molar-refractivity contribution in [2.75, 3.05) is 12.4 Å². The van der Waals surface area contributed by atoms with Crippen LogP contribution in [0.15, 0.2) is 36.7 Å². The smallest absolute Gasteiger partial charge is 0.417 e. The summed E-state index contributed by atoms with van der Waals surface area (Å²) in [6, 6.07) is 4.69. The number of hydrogen-bond acceptors (Lipinski definition) is 5. The highest BCUT2D eigenvalue weighted by Crippen LogP contribution is 2.55. The van der Waals surface area contributed by atoms with Crippen LogP contribution in [0.25, 0.3) is 5.65 Å². The van der Waals surface area contributed by atoms with E-state index in [4.69, 9.17) is 15.2 Å². The molecule has 0 spiro atoms. The summed E-state index contributed by atoms with van der Waals surface area (Å²) in [4.78, 5) is 28.9. The van der Waals surface area contributed by atoms with Gasteiger partial charge in [0.1, 0.15) is 17.4 Å². The number of fused-ring (bicyclic) bond motifs is 1. The van der Waals surface area contributed by atoms with Gasteiger partial charge in [-0.05, 0) is 25.1 Å². The van der Waals surface area contributed by atoms with Crippen molar-refractivity contribution >= 4 is 23.1 Å². The maximum atomic E-state index is 14.5. The van der Waals surface area contributed by atoms with Gasteiger partial charge in [-0.1, -0.05) is 13.0 Å². The number of ether oxygens (including phenoxy) is 2. The average molecular weight is 512 g/mol. The van der Waals surface area contributed by atoms with E-state index in [0.29, 0.717) is 5.65 Å². The van der Waals surface area contributed by atoms with Crippen molar-refractivity contribution in [3.8, 4) is 5.75 Å². The number of carbonyl (C=O) groups is 2. The zero-order valence-electron chi connectivity index (χ0n) is 19.2. The number of anilines is 1. The number of aromatic nitrogens is 2. The van der Waals surface area contributed by atoms with Crippen molar-refractivity contribution < 1.29 is 41.0 Å². The molecule has 1 aliphatic heterocycles. The molecule has 13 heteroatoms. The second-order valence-corrected chi connectivity index (χ2v) is 8.58. The molecule has 2 amide bonds. The summed E-state index contributed by atoms with van der Waals surface area (Å²) in [6.07, 6.45) is -4.11. The number of carbonyl (C=O) groups excluding carboxylic acids is 2. The fourth-order valence-corrected chi connectivity index (χ4v) is 4.49. The van der Waals surface area contributed by atoms with Crippen LogP contribution in [0.2, 0.25) is 0 Å². The van der Waals surface area contributed by atoms with E-state index in [2.05, 4.69) is 10.3 Å². The molecule has 36 heavy (non-hydrogen) atoms. The van der Waals surface area contributed by atoms with Gasteiger partial charge in [0.25, 0.3) is 11.8 Å². The Morgan fingerprint density at radius 3 is 2.53 bits per heavy atom. The number of nitrogens with one attached hydrogen (secondary N) is 1. The SMILES string of the molecule is COc1c([C@H]2[C@H](C(=O)Nc3ccc4ncc(C(N)=O)n4c3)O[C@@](C)(C(F)(F)F)[C@H]2C)ccc(F)c1F. The maximum absolute atomic E-state index is 14.5. The van der Waals surface area contributed by atoms with Crippen LogP contribution in [0.4, 0.5) is 27.6 Å². The van der Waals surface area contributed by atoms with Crippen molar-refractivity contribution in [3.63, 3.8) is 0 Å². The number of nitrogens with two attached hydrogens (primary N) is 1. The van der Waals surface area contributed by atoms with Gasteiger partial charge in [-0.2, -0.15) is 17.6 Å². The Morgan fingerprint density at radius 1 is 1.22 bits per heavy atom. The first kappa shape index (κ1) is 25.4. The van der Waals surface area contributed by atoms with Crippen molar-refractivity contribution in [3.05, 3.63) is 59.6 Å². The summed E-state index contributed by atoms with van der Waals surface area (Å²) in [5.74, 6) is -7.81. The molecule has 0 bridgehead atoms. The van der Waals surface area contributed by atoms with Gasteiger partial charge >= 0.3 is 6.18 Å². The van der Waals surface area contributed by atoms with Crippen molar-refractivity contribution in [2.45, 2.75) is 37.6 Å². The molecule has 0 saturated carbocycles. The van der Waals surface area contributed by atoms with Crippen LogP contribution in [0, 0.1) is 17.6 Å². The fraction of sp³-hybridized carbons (Fsp3) is 0.348. The van der Waals surface area contributed by atoms with Crippen LogP contribution >= 0.6 is 0 Å². The minimum atomic E-state index is -4.89. The van der Waals surface area contributed by atoms with Crippen LogP contribution < -0.4 is 15.8 Å². The lowest BCUT2D eigenvalue weighted by molar-refractivity contribution is -0.272. The lowest BCUT2D eigenvalue weighted by Crippen LogP contribution is -2.47. The van der Waals surface area contributed by atoms with Gasteiger partial charge < -0.3 is 20.5 Å². The van der Waals surface area contributed by atoms with E-state index in [-0.39, 0.29) is 16.9 Å². The molecular formula is C23H21F5N4O4. The van der Waals surface area contributed by atoms with E-state index < -0.39 is 58.9 Å². The summed E-state index contributed by atoms with van der Waals surface area (Å²) in [6.45, 7) is 2.00. The van der Waals surface area contributed by atoms with Gasteiger partial charge in [-0.3, -0.25) is 14.0 Å². The first-order valence-electron chi connectivity index (χ1n) is 10.6. The van der Waals surface area contributed by atoms with E-state index >= 15 is 0 Å². The number of nitrogens with zero attached hydrogens (tertiary/aromatic N) is 2. The summed E-state index contributed by atoms with van der Waals surface area (Å²) >= 11 is 0. The van der Waals surface area contributed by atoms with E-state index in [0.717, 1.165) is 26.2 Å². The number of pyridine rings is 1. The molecule has 1 saturated heterocycles. The molecule has 1 aliphatic rings. The summed E-state index contributed by atoms with van der Waals surface area (Å²) < 4.78 is 82.0. The van der Waals surface area contributed by atoms with Crippen LogP contribution in [0.3, 0.4) is 0 Å². The highest BCUT2D eigenvalue weighted by Gasteiger charge is 2.65. The third-order valence-corrected chi connectivity index (χ3v) is 6.60. The van der Waals surface area contributed by atoms with Crippen molar-refractivity contribution in [2.24, 2.45) is 11.7 Å². The van der Waals surface area contributed by atoms with E-state index in [1.807, 2.05) is 0 Å². The van der Waals surface area contributed by atoms with Gasteiger partial charge in [0.05, 0.1) is 19.0 Å². The highest BCUT2D eigenvalue weighted by atomic mass is 19.4. The monoisotopic (exact) mass is 512 g/mol. The molecule has 0 aliphatic carbocycles. The topological polar surface area (TPSA) is 108 Å². The van der Waals surface area contributed by atoms with E-state index in [9.17, 15) is 31.5 Å². The second kappa shape index (κ2) is 8.73. The Balaban J connectivity index is 1.77. The number of primary amides is 1. The molecular weight excluding hydrogens is 491 g/mol. The number of rotatable bonds is 5. The van der Waals surface area contributed by atoms with Crippen molar-refractivity contribution in [1.82, 2.24) is 9.38 Å². The largest absolute Gasteiger partial charge is 0.493 e. The molecule has 3 heterocycles. The van der Waals surface area contributed by atoms with Gasteiger partial charge in [-0.15, -0.1) is 0 Å². The summed E-state index contributed by atoms with van der Waals surface area (Å²) in [7, 11) is 1.04. The van der Waals surface area contributed by atoms with Crippen LogP contribution in [-0.2, 0) is 9.53 Å². The Hall–Kier alpha value is -3.74. The quantitative estimate of drug-likeness (QED) is 0.506. The lowest BCUT2D eigenvalue weighted by Gasteiger charge is -2.32. The van der Waals surface area contributed by atoms with Gasteiger partial charge in [-0.25, -0.2) is 9.37 Å². The van der Waals surface area contributed by atoms with Gasteiger partial charge in [0, 0.05) is 23.6 Å². The zero-order chi connectivity index (χ0) is 26.6. The van der Waals surface area contributed by atoms with Crippen LogP contribution in [0.5, 0.6) is 5.75 Å². The van der Waals surface area contributed by atoms with Crippen molar-refractivity contribution in [1.29, 1.82) is 0 Å². The molecule has 1 aromatic carbocycles. The number of alkyl halides is 3. The molecule has 0 unspecified atom stereocenters. The first-order valence-corrected chi connectivity index (χ1v) is 10.6. The van der Waals surface area contributed by atoms with Gasteiger partial charge in [0.15, 0.2) is 17.2 Å². The molecule has 1 fully saturated rings. The molecule has 4 rings (SSSR count). The van der Waals surface area contributed by atoms with Crippen LogP contribution in [-0.4, -0.2) is 46.2 Å². The zero-order valence-corrected chi connectivity index (χ0v) is 19.2. The fourth-order valence-electron chi connectivity index (χ4n) is 4.49. The molecule has 0 radical (unpaired) electrons. The molecule has 3 aromatic rings. The predicted molar refractivity (Wildman–Crippen MR) is 116 cm³/mol.